The molecule has 0 unspecified atom stereocenters. The van der Waals surface area contributed by atoms with Crippen LogP contribution in [0, 0.1) is 5.92 Å². The Hall–Kier alpha value is -1.43. The molecule has 2 rings (SSSR count). The number of Topliss-reactive ketones (excluding diaryl/α,β-unsaturated/α-hetero) is 1. The van der Waals surface area contributed by atoms with Gasteiger partial charge < -0.3 is 9.64 Å². The van der Waals surface area contributed by atoms with Crippen LogP contribution in [0.2, 0.25) is 0 Å². The van der Waals surface area contributed by atoms with Crippen molar-refractivity contribution in [3.05, 3.63) is 28.5 Å². The molecule has 114 valence electrons. The van der Waals surface area contributed by atoms with Gasteiger partial charge in [-0.3, -0.25) is 9.78 Å². The molecule has 6 heteroatoms. The van der Waals surface area contributed by atoms with Gasteiger partial charge in [0, 0.05) is 36.4 Å². The third-order valence-corrected chi connectivity index (χ3v) is 3.97. The standard InChI is InChI=1S/C15H19BrN2O3/c1-15(2,3)21-14(20)18-8-11(9-18)13(19)6-10-7-17-5-4-12(10)16/h4-5,7,11H,6,8-9H2,1-3H3. The summed E-state index contributed by atoms with van der Waals surface area (Å²) in [5.41, 5.74) is 0.366. The van der Waals surface area contributed by atoms with Crippen molar-refractivity contribution in [3.63, 3.8) is 0 Å². The fourth-order valence-corrected chi connectivity index (χ4v) is 2.39. The van der Waals surface area contributed by atoms with Gasteiger partial charge in [-0.05, 0) is 32.4 Å². The van der Waals surface area contributed by atoms with E-state index < -0.39 is 5.60 Å². The zero-order chi connectivity index (χ0) is 15.6. The Morgan fingerprint density at radius 1 is 1.43 bits per heavy atom. The predicted octanol–water partition coefficient (Wildman–Crippen LogP) is 2.82. The zero-order valence-electron chi connectivity index (χ0n) is 12.4. The number of likely N-dealkylation sites (tertiary alicyclic amines) is 1. The van der Waals surface area contributed by atoms with E-state index in [4.69, 9.17) is 4.74 Å². The van der Waals surface area contributed by atoms with Crippen LogP contribution in [0.4, 0.5) is 4.79 Å². The summed E-state index contributed by atoms with van der Waals surface area (Å²) in [5.74, 6) is 0.0214. The number of nitrogens with zero attached hydrogens (tertiary/aromatic N) is 2. The van der Waals surface area contributed by atoms with Gasteiger partial charge in [0.1, 0.15) is 11.4 Å². The number of carbonyl (C=O) groups excluding carboxylic acids is 2. The summed E-state index contributed by atoms with van der Waals surface area (Å²) in [7, 11) is 0. The number of amides is 1. The van der Waals surface area contributed by atoms with E-state index >= 15 is 0 Å². The van der Waals surface area contributed by atoms with Crippen molar-refractivity contribution < 1.29 is 14.3 Å². The molecule has 0 bridgehead atoms. The van der Waals surface area contributed by atoms with Crippen molar-refractivity contribution in [2.24, 2.45) is 5.92 Å². The highest BCUT2D eigenvalue weighted by Crippen LogP contribution is 2.23. The number of hydrogen-bond donors (Lipinski definition) is 0. The molecule has 1 aromatic rings. The average Bonchev–Trinajstić information content (AvgIpc) is 2.27. The Bertz CT molecular complexity index is 548. The Labute approximate surface area is 132 Å². The average molecular weight is 355 g/mol. The Kier molecular flexibility index (Phi) is 4.66. The number of hydrogen-bond acceptors (Lipinski definition) is 4. The second kappa shape index (κ2) is 6.13. The number of pyridine rings is 1. The van der Waals surface area contributed by atoms with Gasteiger partial charge in [0.05, 0.1) is 5.92 Å². The summed E-state index contributed by atoms with van der Waals surface area (Å²) in [5, 5.41) is 0. The van der Waals surface area contributed by atoms with Crippen LogP contribution in [-0.4, -0.2) is 40.5 Å². The largest absolute Gasteiger partial charge is 0.444 e. The minimum atomic E-state index is -0.507. The number of ketones is 1. The van der Waals surface area contributed by atoms with Gasteiger partial charge >= 0.3 is 6.09 Å². The molecule has 2 heterocycles. The van der Waals surface area contributed by atoms with Crippen molar-refractivity contribution in [2.45, 2.75) is 32.8 Å². The number of ether oxygens (including phenoxy) is 1. The minimum absolute atomic E-state index is 0.107. The van der Waals surface area contributed by atoms with Crippen molar-refractivity contribution in [1.82, 2.24) is 9.88 Å². The van der Waals surface area contributed by atoms with Crippen LogP contribution in [0.3, 0.4) is 0 Å². The van der Waals surface area contributed by atoms with Crippen LogP contribution in [0.15, 0.2) is 22.9 Å². The number of carbonyl (C=O) groups is 2. The molecular weight excluding hydrogens is 336 g/mol. The van der Waals surface area contributed by atoms with Gasteiger partial charge in [-0.2, -0.15) is 0 Å². The first-order valence-corrected chi connectivity index (χ1v) is 7.64. The van der Waals surface area contributed by atoms with Crippen molar-refractivity contribution >= 4 is 27.8 Å². The number of aromatic nitrogens is 1. The Morgan fingerprint density at radius 3 is 2.67 bits per heavy atom. The highest BCUT2D eigenvalue weighted by atomic mass is 79.9. The quantitative estimate of drug-likeness (QED) is 0.837. The summed E-state index contributed by atoms with van der Waals surface area (Å²) in [6, 6.07) is 1.82. The van der Waals surface area contributed by atoms with Crippen LogP contribution in [0.25, 0.3) is 0 Å². The summed E-state index contributed by atoms with van der Waals surface area (Å²) >= 11 is 3.41. The third-order valence-electron chi connectivity index (χ3n) is 3.20. The molecule has 0 aliphatic carbocycles. The lowest BCUT2D eigenvalue weighted by atomic mass is 9.92. The third kappa shape index (κ3) is 4.27. The second-order valence-corrected chi connectivity index (χ2v) is 7.05. The van der Waals surface area contributed by atoms with Crippen molar-refractivity contribution in [3.8, 4) is 0 Å². The molecule has 1 aliphatic rings. The molecule has 0 atom stereocenters. The summed E-state index contributed by atoms with van der Waals surface area (Å²) < 4.78 is 6.15. The molecule has 0 radical (unpaired) electrons. The normalized spacial score (nSPS) is 15.5. The SMILES string of the molecule is CC(C)(C)OC(=O)N1CC(C(=O)Cc2cnccc2Br)C1. The fourth-order valence-electron chi connectivity index (χ4n) is 2.03. The molecule has 0 saturated carbocycles. The lowest BCUT2D eigenvalue weighted by Crippen LogP contribution is -2.54. The van der Waals surface area contributed by atoms with Crippen LogP contribution in [0.1, 0.15) is 26.3 Å². The minimum Gasteiger partial charge on any atom is -0.444 e. The topological polar surface area (TPSA) is 59.5 Å². The van der Waals surface area contributed by atoms with E-state index in [0.29, 0.717) is 19.5 Å². The van der Waals surface area contributed by atoms with Gasteiger partial charge in [0.2, 0.25) is 0 Å². The summed E-state index contributed by atoms with van der Waals surface area (Å²) in [4.78, 5) is 29.5. The predicted molar refractivity (Wildman–Crippen MR) is 81.9 cm³/mol. The van der Waals surface area contributed by atoms with Crippen LogP contribution >= 0.6 is 15.9 Å². The Morgan fingerprint density at radius 2 is 2.10 bits per heavy atom. The lowest BCUT2D eigenvalue weighted by molar-refractivity contribution is -0.126. The molecule has 21 heavy (non-hydrogen) atoms. The van der Waals surface area contributed by atoms with Gasteiger partial charge in [0.25, 0.3) is 0 Å². The first kappa shape index (κ1) is 15.9. The summed E-state index contributed by atoms with van der Waals surface area (Å²) in [6.45, 7) is 6.35. The van der Waals surface area contributed by atoms with Gasteiger partial charge in [-0.1, -0.05) is 15.9 Å². The Balaban J connectivity index is 1.83. The van der Waals surface area contributed by atoms with Crippen LogP contribution < -0.4 is 0 Å². The van der Waals surface area contributed by atoms with Gasteiger partial charge in [-0.15, -0.1) is 0 Å². The molecular formula is C15H19BrN2O3. The maximum absolute atomic E-state index is 12.2. The number of halogens is 1. The van der Waals surface area contributed by atoms with Crippen molar-refractivity contribution in [1.29, 1.82) is 0 Å². The molecule has 1 aromatic heterocycles. The van der Waals surface area contributed by atoms with E-state index in [-0.39, 0.29) is 17.8 Å². The van der Waals surface area contributed by atoms with E-state index in [1.165, 1.54) is 0 Å². The van der Waals surface area contributed by atoms with Crippen molar-refractivity contribution in [2.75, 3.05) is 13.1 Å². The monoisotopic (exact) mass is 354 g/mol. The van der Waals surface area contributed by atoms with E-state index in [9.17, 15) is 9.59 Å². The molecule has 1 aliphatic heterocycles. The molecule has 1 amide bonds. The highest BCUT2D eigenvalue weighted by Gasteiger charge is 2.37. The first-order chi connectivity index (χ1) is 9.76. The van der Waals surface area contributed by atoms with Gasteiger partial charge in [-0.25, -0.2) is 4.79 Å². The van der Waals surface area contributed by atoms with E-state index in [1.54, 1.807) is 17.3 Å². The summed E-state index contributed by atoms with van der Waals surface area (Å²) in [6.07, 6.45) is 3.34. The zero-order valence-corrected chi connectivity index (χ0v) is 14.0. The maximum Gasteiger partial charge on any atom is 0.410 e. The molecule has 5 nitrogen and oxygen atoms in total. The van der Waals surface area contributed by atoms with E-state index in [2.05, 4.69) is 20.9 Å². The molecule has 1 saturated heterocycles. The maximum atomic E-state index is 12.2. The molecule has 1 fully saturated rings. The smallest absolute Gasteiger partial charge is 0.410 e. The van der Waals surface area contributed by atoms with Gasteiger partial charge in [0.15, 0.2) is 0 Å². The number of rotatable bonds is 3. The van der Waals surface area contributed by atoms with E-state index in [1.807, 2.05) is 26.8 Å². The highest BCUT2D eigenvalue weighted by molar-refractivity contribution is 9.10. The fraction of sp³-hybridized carbons (Fsp3) is 0.533. The lowest BCUT2D eigenvalue weighted by Gasteiger charge is -2.38. The first-order valence-electron chi connectivity index (χ1n) is 6.85. The van der Waals surface area contributed by atoms with Crippen LogP contribution in [-0.2, 0) is 16.0 Å². The van der Waals surface area contributed by atoms with Crippen LogP contribution in [0.5, 0.6) is 0 Å². The van der Waals surface area contributed by atoms with E-state index in [0.717, 1.165) is 10.0 Å². The molecule has 0 spiro atoms. The molecule has 0 N–H and O–H groups in total. The molecule has 0 aromatic carbocycles. The second-order valence-electron chi connectivity index (χ2n) is 6.19.